The number of benzene rings is 2. The van der Waals surface area contributed by atoms with Crippen LogP contribution in [-0.2, 0) is 0 Å². The summed E-state index contributed by atoms with van der Waals surface area (Å²) in [4.78, 5) is 24.3. The summed E-state index contributed by atoms with van der Waals surface area (Å²) in [5.74, 6) is 0.199. The third kappa shape index (κ3) is 6.38. The summed E-state index contributed by atoms with van der Waals surface area (Å²) in [6.45, 7) is 2.71. The van der Waals surface area contributed by atoms with Crippen molar-refractivity contribution in [2.24, 2.45) is 0 Å². The van der Waals surface area contributed by atoms with Gasteiger partial charge in [-0.15, -0.1) is 0 Å². The Morgan fingerprint density at radius 2 is 1.78 bits per heavy atom. The minimum Gasteiger partial charge on any atom is -0.497 e. The topological polar surface area (TPSA) is 79.5 Å². The van der Waals surface area contributed by atoms with Crippen molar-refractivity contribution in [1.82, 2.24) is 10.6 Å². The number of carbonyl (C=O) groups is 2. The largest absolute Gasteiger partial charge is 0.497 e. The van der Waals surface area contributed by atoms with Crippen LogP contribution < -0.4 is 20.7 Å². The summed E-state index contributed by atoms with van der Waals surface area (Å²) >= 11 is 5.19. The molecule has 0 unspecified atom stereocenters. The Hall–Kier alpha value is -2.93. The quantitative estimate of drug-likeness (QED) is 0.503. The fourth-order valence-corrected chi connectivity index (χ4v) is 2.51. The van der Waals surface area contributed by atoms with E-state index in [1.54, 1.807) is 55.6 Å². The van der Waals surface area contributed by atoms with Gasteiger partial charge in [-0.2, -0.15) is 0 Å². The first-order valence-electron chi connectivity index (χ1n) is 8.68. The van der Waals surface area contributed by atoms with Gasteiger partial charge in [-0.3, -0.25) is 14.9 Å². The molecule has 2 aromatic carbocycles. The number of amides is 2. The first-order valence-corrected chi connectivity index (χ1v) is 9.09. The molecule has 2 aromatic rings. The molecule has 0 bridgehead atoms. The molecule has 7 heteroatoms. The molecule has 0 aromatic heterocycles. The fraction of sp³-hybridized carbons (Fsp3) is 0.250. The van der Waals surface area contributed by atoms with E-state index < -0.39 is 0 Å². The minimum absolute atomic E-state index is 0.139. The van der Waals surface area contributed by atoms with Crippen LogP contribution in [0.5, 0.6) is 5.75 Å². The average Bonchev–Trinajstić information content (AvgIpc) is 2.68. The van der Waals surface area contributed by atoms with Gasteiger partial charge < -0.3 is 15.4 Å². The van der Waals surface area contributed by atoms with Gasteiger partial charge in [0.15, 0.2) is 5.11 Å². The van der Waals surface area contributed by atoms with Crippen molar-refractivity contribution in [3.05, 3.63) is 59.7 Å². The third-order valence-electron chi connectivity index (χ3n) is 3.78. The molecule has 0 spiro atoms. The van der Waals surface area contributed by atoms with Gasteiger partial charge in [0.2, 0.25) is 0 Å². The highest BCUT2D eigenvalue weighted by Crippen LogP contribution is 2.12. The van der Waals surface area contributed by atoms with E-state index in [1.807, 2.05) is 0 Å². The molecule has 3 N–H and O–H groups in total. The van der Waals surface area contributed by atoms with Crippen molar-refractivity contribution in [3.63, 3.8) is 0 Å². The lowest BCUT2D eigenvalue weighted by atomic mass is 10.2. The Labute approximate surface area is 164 Å². The van der Waals surface area contributed by atoms with E-state index in [2.05, 4.69) is 22.9 Å². The maximum absolute atomic E-state index is 12.2. The van der Waals surface area contributed by atoms with Gasteiger partial charge >= 0.3 is 0 Å². The van der Waals surface area contributed by atoms with Gasteiger partial charge in [-0.05, 0) is 61.1 Å². The molecule has 6 nitrogen and oxygen atoms in total. The minimum atomic E-state index is -0.330. The monoisotopic (exact) mass is 385 g/mol. The molecule has 27 heavy (non-hydrogen) atoms. The summed E-state index contributed by atoms with van der Waals surface area (Å²) in [6.07, 6.45) is 1.95. The van der Waals surface area contributed by atoms with Gasteiger partial charge in [-0.25, -0.2) is 0 Å². The second-order valence-corrected chi connectivity index (χ2v) is 6.24. The van der Waals surface area contributed by atoms with E-state index in [4.69, 9.17) is 17.0 Å². The van der Waals surface area contributed by atoms with Crippen LogP contribution in [-0.4, -0.2) is 30.6 Å². The standard InChI is InChI=1S/C20H23N3O3S/c1-3-4-12-21-18(24)15-6-5-7-16(13-15)22-20(27)23-19(25)14-8-10-17(26-2)11-9-14/h5-11,13H,3-4,12H2,1-2H3,(H,21,24)(H2,22,23,25,27). The summed E-state index contributed by atoms with van der Waals surface area (Å²) in [7, 11) is 1.56. The molecule has 0 saturated carbocycles. The Bertz CT molecular complexity index is 806. The number of ether oxygens (including phenoxy) is 1. The molecule has 0 aliphatic rings. The number of hydrogen-bond acceptors (Lipinski definition) is 4. The van der Waals surface area contributed by atoms with Crippen LogP contribution >= 0.6 is 12.2 Å². The molecule has 2 rings (SSSR count). The van der Waals surface area contributed by atoms with Gasteiger partial charge in [0, 0.05) is 23.4 Å². The predicted octanol–water partition coefficient (Wildman–Crippen LogP) is 3.35. The molecule has 0 atom stereocenters. The Kier molecular flexibility index (Phi) is 7.76. The first kappa shape index (κ1) is 20.4. The van der Waals surface area contributed by atoms with Crippen LogP contribution in [0.25, 0.3) is 0 Å². The third-order valence-corrected chi connectivity index (χ3v) is 3.98. The van der Waals surface area contributed by atoms with Crippen LogP contribution in [0.15, 0.2) is 48.5 Å². The van der Waals surface area contributed by atoms with Crippen molar-refractivity contribution in [2.75, 3.05) is 19.0 Å². The van der Waals surface area contributed by atoms with Crippen LogP contribution in [0.3, 0.4) is 0 Å². The lowest BCUT2D eigenvalue weighted by molar-refractivity contribution is 0.0950. The van der Waals surface area contributed by atoms with Gasteiger partial charge in [0.25, 0.3) is 11.8 Å². The number of unbranched alkanes of at least 4 members (excludes halogenated alkanes) is 1. The fourth-order valence-electron chi connectivity index (χ4n) is 2.30. The zero-order chi connectivity index (χ0) is 19.6. The van der Waals surface area contributed by atoms with Crippen LogP contribution in [0.4, 0.5) is 5.69 Å². The maximum Gasteiger partial charge on any atom is 0.257 e. The number of nitrogens with one attached hydrogen (secondary N) is 3. The van der Waals surface area contributed by atoms with E-state index in [1.165, 1.54) is 0 Å². The number of hydrogen-bond donors (Lipinski definition) is 3. The molecule has 0 aliphatic heterocycles. The van der Waals surface area contributed by atoms with Crippen LogP contribution in [0, 0.1) is 0 Å². The SMILES string of the molecule is CCCCNC(=O)c1cccc(NC(=S)NC(=O)c2ccc(OC)cc2)c1. The molecule has 0 saturated heterocycles. The summed E-state index contributed by atoms with van der Waals surface area (Å²) in [6, 6.07) is 13.6. The van der Waals surface area contributed by atoms with Crippen LogP contribution in [0.2, 0.25) is 0 Å². The summed E-state index contributed by atoms with van der Waals surface area (Å²) in [5, 5.41) is 8.55. The Balaban J connectivity index is 1.93. The van der Waals surface area contributed by atoms with Crippen molar-refractivity contribution < 1.29 is 14.3 Å². The smallest absolute Gasteiger partial charge is 0.257 e. The highest BCUT2D eigenvalue weighted by Gasteiger charge is 2.10. The van der Waals surface area contributed by atoms with E-state index in [0.717, 1.165) is 12.8 Å². The number of methoxy groups -OCH3 is 1. The molecule has 0 radical (unpaired) electrons. The number of anilines is 1. The lowest BCUT2D eigenvalue weighted by Gasteiger charge is -2.11. The van der Waals surface area contributed by atoms with E-state index in [9.17, 15) is 9.59 Å². The van der Waals surface area contributed by atoms with E-state index in [-0.39, 0.29) is 16.9 Å². The van der Waals surface area contributed by atoms with E-state index >= 15 is 0 Å². The maximum atomic E-state index is 12.2. The molecule has 0 fully saturated rings. The second kappa shape index (κ2) is 10.3. The van der Waals surface area contributed by atoms with Crippen molar-refractivity contribution in [1.29, 1.82) is 0 Å². The highest BCUT2D eigenvalue weighted by atomic mass is 32.1. The Morgan fingerprint density at radius 3 is 2.44 bits per heavy atom. The second-order valence-electron chi connectivity index (χ2n) is 5.83. The number of rotatable bonds is 7. The molecule has 0 heterocycles. The van der Waals surface area contributed by atoms with Crippen LogP contribution in [0.1, 0.15) is 40.5 Å². The molecular formula is C20H23N3O3S. The normalized spacial score (nSPS) is 10.0. The van der Waals surface area contributed by atoms with E-state index in [0.29, 0.717) is 29.1 Å². The first-order chi connectivity index (χ1) is 13.0. The highest BCUT2D eigenvalue weighted by molar-refractivity contribution is 7.80. The zero-order valence-corrected chi connectivity index (χ0v) is 16.2. The zero-order valence-electron chi connectivity index (χ0n) is 15.4. The van der Waals surface area contributed by atoms with Gasteiger partial charge in [-0.1, -0.05) is 19.4 Å². The summed E-state index contributed by atoms with van der Waals surface area (Å²) in [5.41, 5.74) is 1.61. The van der Waals surface area contributed by atoms with Crippen molar-refractivity contribution >= 4 is 34.8 Å². The summed E-state index contributed by atoms with van der Waals surface area (Å²) < 4.78 is 5.07. The van der Waals surface area contributed by atoms with Crippen molar-refractivity contribution in [2.45, 2.75) is 19.8 Å². The van der Waals surface area contributed by atoms with Gasteiger partial charge in [0.05, 0.1) is 7.11 Å². The molecule has 142 valence electrons. The average molecular weight is 385 g/mol. The Morgan fingerprint density at radius 1 is 1.04 bits per heavy atom. The molecule has 2 amide bonds. The number of thiocarbonyl (C=S) groups is 1. The number of carbonyl (C=O) groups excluding carboxylic acids is 2. The molecular weight excluding hydrogens is 362 g/mol. The predicted molar refractivity (Wildman–Crippen MR) is 110 cm³/mol. The van der Waals surface area contributed by atoms with Crippen molar-refractivity contribution in [3.8, 4) is 5.75 Å². The molecule has 0 aliphatic carbocycles. The lowest BCUT2D eigenvalue weighted by Crippen LogP contribution is -2.34. The van der Waals surface area contributed by atoms with Gasteiger partial charge in [0.1, 0.15) is 5.75 Å².